The van der Waals surface area contributed by atoms with Crippen LogP contribution in [-0.2, 0) is 0 Å². The van der Waals surface area contributed by atoms with Gasteiger partial charge < -0.3 is 9.47 Å². The van der Waals surface area contributed by atoms with Gasteiger partial charge in [0.1, 0.15) is 19.3 Å². The van der Waals surface area contributed by atoms with Crippen LogP contribution in [0.25, 0.3) is 0 Å². The Morgan fingerprint density at radius 1 is 1.14 bits per heavy atom. The van der Waals surface area contributed by atoms with Crippen LogP contribution in [0, 0.1) is 21.4 Å². The van der Waals surface area contributed by atoms with E-state index < -0.39 is 4.92 Å². The largest absolute Gasteiger partial charge is 0.486 e. The second kappa shape index (κ2) is 5.95. The predicted octanol–water partition coefficient (Wildman–Crippen LogP) is 3.39. The maximum Gasteiger partial charge on any atom is 0.270 e. The number of nitro groups is 1. The van der Waals surface area contributed by atoms with Crippen LogP contribution in [0.15, 0.2) is 46.2 Å². The van der Waals surface area contributed by atoms with Crippen molar-refractivity contribution in [3.05, 3.63) is 52.1 Å². The van der Waals surface area contributed by atoms with Crippen LogP contribution in [0.3, 0.4) is 0 Å². The van der Waals surface area contributed by atoms with Crippen molar-refractivity contribution in [1.29, 1.82) is 5.26 Å². The van der Waals surface area contributed by atoms with Crippen LogP contribution in [0.4, 0.5) is 5.69 Å². The molecule has 6 nitrogen and oxygen atoms in total. The fourth-order valence-electron chi connectivity index (χ4n) is 2.02. The third kappa shape index (κ3) is 2.82. The average Bonchev–Trinajstić information content (AvgIpc) is 2.55. The normalized spacial score (nSPS) is 12.5. The van der Waals surface area contributed by atoms with Gasteiger partial charge in [-0.05, 0) is 24.3 Å². The number of ether oxygens (including phenoxy) is 2. The van der Waals surface area contributed by atoms with Gasteiger partial charge in [0.05, 0.1) is 10.5 Å². The van der Waals surface area contributed by atoms with E-state index in [1.807, 2.05) is 24.3 Å². The quantitative estimate of drug-likeness (QED) is 0.637. The molecule has 2 aromatic rings. The molecular weight excluding hydrogens is 304 g/mol. The van der Waals surface area contributed by atoms with Crippen molar-refractivity contribution in [2.75, 3.05) is 13.2 Å². The van der Waals surface area contributed by atoms with E-state index in [2.05, 4.69) is 0 Å². The highest BCUT2D eigenvalue weighted by Gasteiger charge is 2.15. The number of rotatable bonds is 3. The van der Waals surface area contributed by atoms with Gasteiger partial charge in [-0.3, -0.25) is 10.1 Å². The highest BCUT2D eigenvalue weighted by Crippen LogP contribution is 2.38. The first kappa shape index (κ1) is 14.2. The first-order valence-corrected chi connectivity index (χ1v) is 7.25. The van der Waals surface area contributed by atoms with Crippen molar-refractivity contribution in [3.63, 3.8) is 0 Å². The zero-order valence-corrected chi connectivity index (χ0v) is 12.1. The number of benzene rings is 2. The molecule has 0 aromatic heterocycles. The molecule has 0 aliphatic carbocycles. The minimum atomic E-state index is -0.515. The van der Waals surface area contributed by atoms with Crippen LogP contribution < -0.4 is 9.47 Å². The van der Waals surface area contributed by atoms with E-state index in [0.717, 1.165) is 4.90 Å². The van der Waals surface area contributed by atoms with Gasteiger partial charge in [-0.15, -0.1) is 0 Å². The molecule has 110 valence electrons. The molecule has 0 atom stereocenters. The summed E-state index contributed by atoms with van der Waals surface area (Å²) in [4.78, 5) is 11.8. The van der Waals surface area contributed by atoms with Gasteiger partial charge in [-0.1, -0.05) is 11.8 Å². The Labute approximate surface area is 130 Å². The molecule has 1 aliphatic rings. The van der Waals surface area contributed by atoms with Gasteiger partial charge in [0.15, 0.2) is 11.5 Å². The Bertz CT molecular complexity index is 786. The standard InChI is InChI=1S/C15H10N2O4S/c16-9-10-7-11(17(18)19)1-4-15(10)22-12-2-3-13-14(8-12)21-6-5-20-13/h1-4,7-8H,5-6H2. The molecule has 0 bridgehead atoms. The van der Waals surface area contributed by atoms with E-state index in [4.69, 9.17) is 14.7 Å². The molecule has 0 radical (unpaired) electrons. The molecule has 22 heavy (non-hydrogen) atoms. The molecule has 0 saturated heterocycles. The summed E-state index contributed by atoms with van der Waals surface area (Å²) in [6.07, 6.45) is 0. The van der Waals surface area contributed by atoms with Crippen LogP contribution in [0.5, 0.6) is 11.5 Å². The first-order valence-electron chi connectivity index (χ1n) is 6.43. The summed E-state index contributed by atoms with van der Waals surface area (Å²) in [5.41, 5.74) is 0.178. The Hall–Kier alpha value is -2.72. The number of non-ortho nitro benzene ring substituents is 1. The third-order valence-corrected chi connectivity index (χ3v) is 4.10. The van der Waals surface area contributed by atoms with Gasteiger partial charge in [-0.25, -0.2) is 0 Å². The van der Waals surface area contributed by atoms with Gasteiger partial charge in [0.25, 0.3) is 5.69 Å². The van der Waals surface area contributed by atoms with Gasteiger partial charge in [0, 0.05) is 21.9 Å². The zero-order valence-electron chi connectivity index (χ0n) is 11.3. The Kier molecular flexibility index (Phi) is 3.85. The molecule has 1 heterocycles. The fraction of sp³-hybridized carbons (Fsp3) is 0.133. The molecule has 1 aliphatic heterocycles. The lowest BCUT2D eigenvalue weighted by Gasteiger charge is -2.18. The van der Waals surface area contributed by atoms with E-state index in [-0.39, 0.29) is 11.3 Å². The lowest BCUT2D eigenvalue weighted by Crippen LogP contribution is -2.15. The molecule has 0 unspecified atom stereocenters. The minimum Gasteiger partial charge on any atom is -0.486 e. The summed E-state index contributed by atoms with van der Waals surface area (Å²) in [6, 6.07) is 11.8. The second-order valence-electron chi connectivity index (χ2n) is 4.46. The van der Waals surface area contributed by atoms with Crippen molar-refractivity contribution >= 4 is 17.4 Å². The maximum atomic E-state index is 10.8. The summed E-state index contributed by atoms with van der Waals surface area (Å²) >= 11 is 1.35. The number of hydrogen-bond donors (Lipinski definition) is 0. The molecule has 0 amide bonds. The molecule has 0 N–H and O–H groups in total. The number of nitrogens with zero attached hydrogens (tertiary/aromatic N) is 2. The number of hydrogen-bond acceptors (Lipinski definition) is 6. The SMILES string of the molecule is N#Cc1cc([N+](=O)[O-])ccc1Sc1ccc2c(c1)OCCO2. The zero-order chi connectivity index (χ0) is 15.5. The first-order chi connectivity index (χ1) is 10.7. The van der Waals surface area contributed by atoms with Crippen molar-refractivity contribution in [3.8, 4) is 17.6 Å². The smallest absolute Gasteiger partial charge is 0.270 e. The summed E-state index contributed by atoms with van der Waals surface area (Å²) in [5, 5.41) is 19.9. The number of fused-ring (bicyclic) bond motifs is 1. The molecule has 3 rings (SSSR count). The fourth-order valence-corrected chi connectivity index (χ4v) is 2.93. The molecule has 7 heteroatoms. The highest BCUT2D eigenvalue weighted by atomic mass is 32.2. The maximum absolute atomic E-state index is 10.8. The molecular formula is C15H10N2O4S. The monoisotopic (exact) mass is 314 g/mol. The van der Waals surface area contributed by atoms with Gasteiger partial charge >= 0.3 is 0 Å². The lowest BCUT2D eigenvalue weighted by atomic mass is 10.2. The van der Waals surface area contributed by atoms with Gasteiger partial charge in [0.2, 0.25) is 0 Å². The summed E-state index contributed by atoms with van der Waals surface area (Å²) in [5.74, 6) is 1.36. The molecule has 0 spiro atoms. The van der Waals surface area contributed by atoms with Crippen molar-refractivity contribution < 1.29 is 14.4 Å². The van der Waals surface area contributed by atoms with E-state index in [1.54, 1.807) is 6.07 Å². The van der Waals surface area contributed by atoms with Crippen LogP contribution >= 0.6 is 11.8 Å². The number of nitriles is 1. The topological polar surface area (TPSA) is 85.4 Å². The lowest BCUT2D eigenvalue weighted by molar-refractivity contribution is -0.384. The van der Waals surface area contributed by atoms with E-state index in [1.165, 1.54) is 23.9 Å². The van der Waals surface area contributed by atoms with Crippen molar-refractivity contribution in [2.45, 2.75) is 9.79 Å². The Morgan fingerprint density at radius 2 is 1.91 bits per heavy atom. The molecule has 0 fully saturated rings. The van der Waals surface area contributed by atoms with Crippen molar-refractivity contribution in [2.24, 2.45) is 0 Å². The third-order valence-electron chi connectivity index (χ3n) is 3.04. The van der Waals surface area contributed by atoms with Crippen LogP contribution in [-0.4, -0.2) is 18.1 Å². The van der Waals surface area contributed by atoms with E-state index in [9.17, 15) is 10.1 Å². The number of nitro benzene ring substituents is 1. The summed E-state index contributed by atoms with van der Waals surface area (Å²) in [6.45, 7) is 1.03. The van der Waals surface area contributed by atoms with Gasteiger partial charge in [-0.2, -0.15) is 5.26 Å². The molecule has 0 saturated carbocycles. The van der Waals surface area contributed by atoms with E-state index >= 15 is 0 Å². The van der Waals surface area contributed by atoms with E-state index in [0.29, 0.717) is 29.6 Å². The van der Waals surface area contributed by atoms with Crippen LogP contribution in [0.2, 0.25) is 0 Å². The van der Waals surface area contributed by atoms with Crippen molar-refractivity contribution in [1.82, 2.24) is 0 Å². The Morgan fingerprint density at radius 3 is 2.64 bits per heavy atom. The highest BCUT2D eigenvalue weighted by molar-refractivity contribution is 7.99. The summed E-state index contributed by atoms with van der Waals surface area (Å²) in [7, 11) is 0. The second-order valence-corrected chi connectivity index (χ2v) is 5.57. The minimum absolute atomic E-state index is 0.0944. The molecule has 2 aromatic carbocycles. The van der Waals surface area contributed by atoms with Crippen LogP contribution in [0.1, 0.15) is 5.56 Å². The predicted molar refractivity (Wildman–Crippen MR) is 79.4 cm³/mol. The Balaban J connectivity index is 1.90. The summed E-state index contributed by atoms with van der Waals surface area (Å²) < 4.78 is 11.0. The average molecular weight is 314 g/mol.